The largest absolute Gasteiger partial charge is 0.504 e. The van der Waals surface area contributed by atoms with Gasteiger partial charge in [0, 0.05) is 11.4 Å². The predicted octanol–water partition coefficient (Wildman–Crippen LogP) is 2.49. The SMILES string of the molecule is Cc1nc(-c2noc(-c3cc(O)c(O)c([N+](=O)[O-])c3)n2)cs1. The molecule has 0 aliphatic rings. The highest BCUT2D eigenvalue weighted by molar-refractivity contribution is 7.09. The number of thiazole rings is 1. The van der Waals surface area contributed by atoms with E-state index in [2.05, 4.69) is 15.1 Å². The van der Waals surface area contributed by atoms with E-state index in [0.717, 1.165) is 17.1 Å². The minimum Gasteiger partial charge on any atom is -0.504 e. The van der Waals surface area contributed by atoms with Crippen molar-refractivity contribution in [2.45, 2.75) is 6.92 Å². The molecule has 2 aromatic heterocycles. The van der Waals surface area contributed by atoms with Crippen molar-refractivity contribution >= 4 is 17.0 Å². The minimum absolute atomic E-state index is 0.0287. The second-order valence-electron chi connectivity index (χ2n) is 4.30. The van der Waals surface area contributed by atoms with Crippen molar-refractivity contribution in [3.05, 3.63) is 32.6 Å². The van der Waals surface area contributed by atoms with Crippen LogP contribution in [-0.4, -0.2) is 30.3 Å². The molecule has 3 aromatic rings. The molecular weight excluding hydrogens is 312 g/mol. The van der Waals surface area contributed by atoms with E-state index in [-0.39, 0.29) is 17.3 Å². The van der Waals surface area contributed by atoms with Gasteiger partial charge in [-0.15, -0.1) is 11.3 Å². The molecule has 0 radical (unpaired) electrons. The summed E-state index contributed by atoms with van der Waals surface area (Å²) in [7, 11) is 0. The predicted molar refractivity (Wildman–Crippen MR) is 75.6 cm³/mol. The van der Waals surface area contributed by atoms with Crippen LogP contribution in [0.5, 0.6) is 11.5 Å². The fraction of sp³-hybridized carbons (Fsp3) is 0.0833. The Morgan fingerprint density at radius 1 is 1.32 bits per heavy atom. The maximum absolute atomic E-state index is 10.8. The number of aryl methyl sites for hydroxylation is 1. The van der Waals surface area contributed by atoms with Gasteiger partial charge in [0.25, 0.3) is 5.89 Å². The van der Waals surface area contributed by atoms with Crippen LogP contribution < -0.4 is 0 Å². The molecule has 10 heteroatoms. The average Bonchev–Trinajstić information content (AvgIpc) is 3.10. The van der Waals surface area contributed by atoms with Gasteiger partial charge >= 0.3 is 5.69 Å². The Morgan fingerprint density at radius 3 is 2.73 bits per heavy atom. The zero-order chi connectivity index (χ0) is 15.9. The smallest absolute Gasteiger partial charge is 0.315 e. The fourth-order valence-corrected chi connectivity index (χ4v) is 2.37. The number of phenolic OH excluding ortho intramolecular Hbond substituents is 2. The highest BCUT2D eigenvalue weighted by atomic mass is 32.1. The zero-order valence-corrected chi connectivity index (χ0v) is 11.9. The first-order valence-electron chi connectivity index (χ1n) is 5.92. The maximum atomic E-state index is 10.8. The van der Waals surface area contributed by atoms with Crippen molar-refractivity contribution in [3.63, 3.8) is 0 Å². The summed E-state index contributed by atoms with van der Waals surface area (Å²) in [5.74, 6) is -1.26. The van der Waals surface area contributed by atoms with Crippen LogP contribution in [0, 0.1) is 17.0 Å². The van der Waals surface area contributed by atoms with Gasteiger partial charge in [0.15, 0.2) is 5.75 Å². The Hall–Kier alpha value is -3.01. The van der Waals surface area contributed by atoms with Gasteiger partial charge in [0.1, 0.15) is 5.69 Å². The molecule has 2 heterocycles. The third-order valence-electron chi connectivity index (χ3n) is 2.79. The number of hydrogen-bond donors (Lipinski definition) is 2. The summed E-state index contributed by atoms with van der Waals surface area (Å²) >= 11 is 1.42. The normalized spacial score (nSPS) is 10.8. The third-order valence-corrected chi connectivity index (χ3v) is 3.56. The van der Waals surface area contributed by atoms with Crippen LogP contribution in [0.2, 0.25) is 0 Å². The molecular formula is C12H8N4O5S. The van der Waals surface area contributed by atoms with Crippen LogP contribution >= 0.6 is 11.3 Å². The number of rotatable bonds is 3. The van der Waals surface area contributed by atoms with E-state index < -0.39 is 22.1 Å². The van der Waals surface area contributed by atoms with E-state index in [1.54, 1.807) is 5.38 Å². The summed E-state index contributed by atoms with van der Waals surface area (Å²) in [6.07, 6.45) is 0. The Balaban J connectivity index is 2.05. The van der Waals surface area contributed by atoms with Crippen molar-refractivity contribution in [1.82, 2.24) is 15.1 Å². The molecule has 1 aromatic carbocycles. The van der Waals surface area contributed by atoms with Gasteiger partial charge in [0.05, 0.1) is 15.5 Å². The second-order valence-corrected chi connectivity index (χ2v) is 5.36. The van der Waals surface area contributed by atoms with Gasteiger partial charge < -0.3 is 14.7 Å². The first-order valence-corrected chi connectivity index (χ1v) is 6.80. The van der Waals surface area contributed by atoms with Gasteiger partial charge in [0.2, 0.25) is 11.6 Å². The number of nitrogens with zero attached hydrogens (tertiary/aromatic N) is 4. The molecule has 3 rings (SSSR count). The molecule has 9 nitrogen and oxygen atoms in total. The van der Waals surface area contributed by atoms with E-state index in [1.807, 2.05) is 6.92 Å². The zero-order valence-electron chi connectivity index (χ0n) is 11.0. The summed E-state index contributed by atoms with van der Waals surface area (Å²) in [6.45, 7) is 1.83. The average molecular weight is 320 g/mol. The monoisotopic (exact) mass is 320 g/mol. The molecule has 0 aliphatic heterocycles. The molecule has 22 heavy (non-hydrogen) atoms. The van der Waals surface area contributed by atoms with E-state index in [4.69, 9.17) is 4.52 Å². The summed E-state index contributed by atoms with van der Waals surface area (Å²) in [5, 5.41) is 36.2. The van der Waals surface area contributed by atoms with Crippen molar-refractivity contribution < 1.29 is 19.7 Å². The Labute approximate surface area is 126 Å². The molecule has 0 unspecified atom stereocenters. The first-order chi connectivity index (χ1) is 10.5. The van der Waals surface area contributed by atoms with Crippen molar-refractivity contribution in [1.29, 1.82) is 0 Å². The molecule has 0 saturated carbocycles. The quantitative estimate of drug-likeness (QED) is 0.427. The molecule has 0 fully saturated rings. The molecule has 0 amide bonds. The number of aromatic hydroxyl groups is 2. The van der Waals surface area contributed by atoms with Crippen LogP contribution in [0.1, 0.15) is 5.01 Å². The summed E-state index contributed by atoms with van der Waals surface area (Å²) in [5.41, 5.74) is -0.0121. The standard InChI is InChI=1S/C12H8N4O5S/c1-5-13-7(4-22-5)11-14-12(21-15-11)6-2-8(16(19)20)10(18)9(17)3-6/h2-4,17-18H,1H3. The third kappa shape index (κ3) is 2.35. The number of aromatic nitrogens is 3. The lowest BCUT2D eigenvalue weighted by Crippen LogP contribution is -1.90. The van der Waals surface area contributed by atoms with Crippen LogP contribution in [0.15, 0.2) is 22.0 Å². The lowest BCUT2D eigenvalue weighted by Gasteiger charge is -2.01. The van der Waals surface area contributed by atoms with Crippen molar-refractivity contribution in [3.8, 4) is 34.5 Å². The van der Waals surface area contributed by atoms with Crippen LogP contribution in [0.4, 0.5) is 5.69 Å². The van der Waals surface area contributed by atoms with Gasteiger partial charge in [-0.05, 0) is 13.0 Å². The number of benzene rings is 1. The van der Waals surface area contributed by atoms with E-state index in [1.165, 1.54) is 11.3 Å². The number of nitro groups is 1. The Bertz CT molecular complexity index is 872. The molecule has 0 bridgehead atoms. The van der Waals surface area contributed by atoms with Gasteiger partial charge in [-0.25, -0.2) is 4.98 Å². The number of hydrogen-bond acceptors (Lipinski definition) is 9. The van der Waals surface area contributed by atoms with E-state index in [0.29, 0.717) is 5.69 Å². The molecule has 0 saturated heterocycles. The lowest BCUT2D eigenvalue weighted by atomic mass is 10.1. The maximum Gasteiger partial charge on any atom is 0.315 e. The topological polar surface area (TPSA) is 135 Å². The van der Waals surface area contributed by atoms with Gasteiger partial charge in [-0.1, -0.05) is 5.16 Å². The minimum atomic E-state index is -0.820. The number of nitro benzene ring substituents is 1. The van der Waals surface area contributed by atoms with Gasteiger partial charge in [-0.3, -0.25) is 10.1 Å². The Morgan fingerprint density at radius 2 is 2.09 bits per heavy atom. The second kappa shape index (κ2) is 5.07. The molecule has 0 atom stereocenters. The highest BCUT2D eigenvalue weighted by Crippen LogP contribution is 2.39. The van der Waals surface area contributed by atoms with Crippen molar-refractivity contribution in [2.75, 3.05) is 0 Å². The summed E-state index contributed by atoms with van der Waals surface area (Å²) < 4.78 is 5.03. The number of phenols is 2. The summed E-state index contributed by atoms with van der Waals surface area (Å²) in [6, 6.07) is 2.14. The van der Waals surface area contributed by atoms with E-state index >= 15 is 0 Å². The van der Waals surface area contributed by atoms with Crippen molar-refractivity contribution in [2.24, 2.45) is 0 Å². The molecule has 112 valence electrons. The molecule has 0 aliphatic carbocycles. The van der Waals surface area contributed by atoms with Crippen LogP contribution in [0.3, 0.4) is 0 Å². The van der Waals surface area contributed by atoms with Crippen LogP contribution in [-0.2, 0) is 0 Å². The first kappa shape index (κ1) is 13.9. The Kier molecular flexibility index (Phi) is 3.22. The summed E-state index contributed by atoms with van der Waals surface area (Å²) in [4.78, 5) is 18.3. The van der Waals surface area contributed by atoms with Crippen LogP contribution in [0.25, 0.3) is 23.0 Å². The lowest BCUT2D eigenvalue weighted by molar-refractivity contribution is -0.385. The van der Waals surface area contributed by atoms with E-state index in [9.17, 15) is 20.3 Å². The molecule has 0 spiro atoms. The highest BCUT2D eigenvalue weighted by Gasteiger charge is 2.22. The van der Waals surface area contributed by atoms with Gasteiger partial charge in [-0.2, -0.15) is 4.98 Å². The fourth-order valence-electron chi connectivity index (χ4n) is 1.78. The molecule has 2 N–H and O–H groups in total.